The molecule has 1 heterocycles. The Morgan fingerprint density at radius 3 is 2.90 bits per heavy atom. The summed E-state index contributed by atoms with van der Waals surface area (Å²) >= 11 is 0. The van der Waals surface area contributed by atoms with Crippen molar-refractivity contribution in [2.45, 2.75) is 32.4 Å². The average Bonchev–Trinajstić information content (AvgIpc) is 2.43. The zero-order chi connectivity index (χ0) is 15.7. The maximum atomic E-state index is 12.1. The Morgan fingerprint density at radius 1 is 1.57 bits per heavy atom. The smallest absolute Gasteiger partial charge is 0.317 e. The van der Waals surface area contributed by atoms with Crippen LogP contribution in [0.25, 0.3) is 0 Å². The lowest BCUT2D eigenvalue weighted by Gasteiger charge is -2.24. The molecule has 0 saturated carbocycles. The van der Waals surface area contributed by atoms with Crippen molar-refractivity contribution in [3.8, 4) is 6.07 Å². The van der Waals surface area contributed by atoms with Crippen molar-refractivity contribution in [2.24, 2.45) is 0 Å². The highest BCUT2D eigenvalue weighted by Crippen LogP contribution is 2.05. The Hall–Kier alpha value is -2.62. The normalized spacial score (nSPS) is 11.2. The molecule has 0 aliphatic carbocycles. The third-order valence-electron chi connectivity index (χ3n) is 2.73. The summed E-state index contributed by atoms with van der Waals surface area (Å²) in [7, 11) is 0. The number of carboxylic acid groups (broad SMARTS) is 1. The maximum Gasteiger partial charge on any atom is 0.317 e. The number of amides is 2. The van der Waals surface area contributed by atoms with Gasteiger partial charge in [0.15, 0.2) is 0 Å². The molecule has 0 saturated heterocycles. The second-order valence-corrected chi connectivity index (χ2v) is 4.64. The van der Waals surface area contributed by atoms with Gasteiger partial charge >= 0.3 is 12.0 Å². The lowest BCUT2D eigenvalue weighted by Crippen LogP contribution is -2.44. The van der Waals surface area contributed by atoms with Gasteiger partial charge in [-0.3, -0.25) is 9.78 Å². The summed E-state index contributed by atoms with van der Waals surface area (Å²) in [6, 6.07) is 4.73. The molecule has 21 heavy (non-hydrogen) atoms. The fraction of sp³-hybridized carbons (Fsp3) is 0.429. The van der Waals surface area contributed by atoms with E-state index in [4.69, 9.17) is 10.4 Å². The molecule has 0 bridgehead atoms. The highest BCUT2D eigenvalue weighted by molar-refractivity contribution is 5.75. The molecule has 0 radical (unpaired) electrons. The molecular weight excluding hydrogens is 272 g/mol. The SMILES string of the molecule is CC(CC(=O)O)NC(=O)N(CCC#N)Cc1cccnc1. The first-order valence-electron chi connectivity index (χ1n) is 6.56. The molecule has 7 heteroatoms. The van der Waals surface area contributed by atoms with Gasteiger partial charge in [-0.25, -0.2) is 4.79 Å². The maximum absolute atomic E-state index is 12.1. The van der Waals surface area contributed by atoms with E-state index in [0.29, 0.717) is 6.54 Å². The lowest BCUT2D eigenvalue weighted by molar-refractivity contribution is -0.137. The number of nitrogens with one attached hydrogen (secondary N) is 1. The number of carboxylic acids is 1. The summed E-state index contributed by atoms with van der Waals surface area (Å²) in [6.07, 6.45) is 3.34. The van der Waals surface area contributed by atoms with E-state index in [1.807, 2.05) is 12.1 Å². The van der Waals surface area contributed by atoms with Crippen molar-refractivity contribution < 1.29 is 14.7 Å². The molecule has 7 nitrogen and oxygen atoms in total. The number of aromatic nitrogens is 1. The summed E-state index contributed by atoms with van der Waals surface area (Å²) < 4.78 is 0. The number of hydrogen-bond acceptors (Lipinski definition) is 4. The molecule has 1 atom stereocenters. The summed E-state index contributed by atoms with van der Waals surface area (Å²) in [5, 5.41) is 20.0. The standard InChI is InChI=1S/C14H18N4O3/c1-11(8-13(19)20)17-14(21)18(7-3-5-15)10-12-4-2-6-16-9-12/h2,4,6,9,11H,3,7-8,10H2,1H3,(H,17,21)(H,19,20). The first kappa shape index (κ1) is 16.4. The molecule has 2 amide bonds. The number of carbonyl (C=O) groups is 2. The van der Waals surface area contributed by atoms with Crippen LogP contribution in [-0.4, -0.2) is 39.6 Å². The number of nitrogens with zero attached hydrogens (tertiary/aromatic N) is 3. The number of carbonyl (C=O) groups excluding carboxylic acids is 1. The molecule has 0 spiro atoms. The van der Waals surface area contributed by atoms with E-state index in [1.54, 1.807) is 25.4 Å². The van der Waals surface area contributed by atoms with Gasteiger partial charge in [-0.1, -0.05) is 6.07 Å². The van der Waals surface area contributed by atoms with Gasteiger partial charge in [0.2, 0.25) is 0 Å². The topological polar surface area (TPSA) is 106 Å². The molecule has 0 fully saturated rings. The van der Waals surface area contributed by atoms with Gasteiger partial charge in [-0.05, 0) is 18.6 Å². The highest BCUT2D eigenvalue weighted by atomic mass is 16.4. The average molecular weight is 290 g/mol. The summed E-state index contributed by atoms with van der Waals surface area (Å²) in [4.78, 5) is 28.2. The number of hydrogen-bond donors (Lipinski definition) is 2. The van der Waals surface area contributed by atoms with E-state index in [0.717, 1.165) is 5.56 Å². The fourth-order valence-corrected chi connectivity index (χ4v) is 1.76. The zero-order valence-corrected chi connectivity index (χ0v) is 11.8. The molecule has 0 aliphatic heterocycles. The van der Waals surface area contributed by atoms with Gasteiger partial charge in [0.05, 0.1) is 18.9 Å². The molecule has 0 aliphatic rings. The predicted octanol–water partition coefficient (Wildman–Crippen LogP) is 1.37. The zero-order valence-electron chi connectivity index (χ0n) is 11.8. The minimum atomic E-state index is -0.973. The third kappa shape index (κ3) is 6.38. The van der Waals surface area contributed by atoms with Crippen LogP contribution in [-0.2, 0) is 11.3 Å². The number of pyridine rings is 1. The van der Waals surface area contributed by atoms with Gasteiger partial charge in [0.1, 0.15) is 0 Å². The minimum Gasteiger partial charge on any atom is -0.481 e. The van der Waals surface area contributed by atoms with Gasteiger partial charge < -0.3 is 15.3 Å². The predicted molar refractivity (Wildman–Crippen MR) is 75.1 cm³/mol. The Bertz CT molecular complexity index is 513. The monoisotopic (exact) mass is 290 g/mol. The van der Waals surface area contributed by atoms with Gasteiger partial charge in [0, 0.05) is 31.5 Å². The fourth-order valence-electron chi connectivity index (χ4n) is 1.76. The summed E-state index contributed by atoms with van der Waals surface area (Å²) in [5.74, 6) is -0.973. The first-order valence-corrected chi connectivity index (χ1v) is 6.56. The molecule has 1 rings (SSSR count). The second-order valence-electron chi connectivity index (χ2n) is 4.64. The van der Waals surface area contributed by atoms with Crippen LogP contribution in [0.4, 0.5) is 4.79 Å². The molecule has 2 N–H and O–H groups in total. The number of nitriles is 1. The van der Waals surface area contributed by atoms with Crippen molar-refractivity contribution in [1.82, 2.24) is 15.2 Å². The Balaban J connectivity index is 2.65. The first-order chi connectivity index (χ1) is 10.0. The number of aliphatic carboxylic acids is 1. The van der Waals surface area contributed by atoms with E-state index in [1.165, 1.54) is 4.90 Å². The van der Waals surface area contributed by atoms with E-state index >= 15 is 0 Å². The van der Waals surface area contributed by atoms with Crippen LogP contribution in [0.3, 0.4) is 0 Å². The van der Waals surface area contributed by atoms with Crippen molar-refractivity contribution in [2.75, 3.05) is 6.54 Å². The van der Waals surface area contributed by atoms with Crippen molar-refractivity contribution in [3.63, 3.8) is 0 Å². The van der Waals surface area contributed by atoms with Crippen molar-refractivity contribution >= 4 is 12.0 Å². The van der Waals surface area contributed by atoms with Crippen LogP contribution in [0.5, 0.6) is 0 Å². The Kier molecular flexibility index (Phi) is 6.68. The molecular formula is C14H18N4O3. The van der Waals surface area contributed by atoms with Gasteiger partial charge in [0.25, 0.3) is 0 Å². The van der Waals surface area contributed by atoms with Crippen LogP contribution in [0, 0.1) is 11.3 Å². The van der Waals surface area contributed by atoms with Crippen molar-refractivity contribution in [3.05, 3.63) is 30.1 Å². The number of urea groups is 1. The van der Waals surface area contributed by atoms with Crippen LogP contribution >= 0.6 is 0 Å². The third-order valence-corrected chi connectivity index (χ3v) is 2.73. The molecule has 1 aromatic heterocycles. The van der Waals surface area contributed by atoms with Gasteiger partial charge in [-0.15, -0.1) is 0 Å². The van der Waals surface area contributed by atoms with E-state index in [9.17, 15) is 9.59 Å². The van der Waals surface area contributed by atoms with E-state index < -0.39 is 12.0 Å². The molecule has 0 aromatic carbocycles. The van der Waals surface area contributed by atoms with Crippen LogP contribution in [0.2, 0.25) is 0 Å². The minimum absolute atomic E-state index is 0.148. The summed E-state index contributed by atoms with van der Waals surface area (Å²) in [5.41, 5.74) is 0.844. The molecule has 1 aromatic rings. The lowest BCUT2D eigenvalue weighted by atomic mass is 10.2. The van der Waals surface area contributed by atoms with Crippen LogP contribution in [0.15, 0.2) is 24.5 Å². The van der Waals surface area contributed by atoms with Crippen molar-refractivity contribution in [1.29, 1.82) is 5.26 Å². The van der Waals surface area contributed by atoms with Crippen LogP contribution in [0.1, 0.15) is 25.3 Å². The quantitative estimate of drug-likeness (QED) is 0.788. The second kappa shape index (κ2) is 8.53. The van der Waals surface area contributed by atoms with Crippen LogP contribution < -0.4 is 5.32 Å². The largest absolute Gasteiger partial charge is 0.481 e. The summed E-state index contributed by atoms with van der Waals surface area (Å²) in [6.45, 7) is 2.22. The van der Waals surface area contributed by atoms with E-state index in [2.05, 4.69) is 10.3 Å². The highest BCUT2D eigenvalue weighted by Gasteiger charge is 2.17. The molecule has 112 valence electrons. The number of rotatable bonds is 7. The molecule has 1 unspecified atom stereocenters. The Morgan fingerprint density at radius 2 is 2.33 bits per heavy atom. The van der Waals surface area contributed by atoms with E-state index in [-0.39, 0.29) is 25.4 Å². The Labute approximate surface area is 123 Å². The van der Waals surface area contributed by atoms with Gasteiger partial charge in [-0.2, -0.15) is 5.26 Å².